The summed E-state index contributed by atoms with van der Waals surface area (Å²) in [6.45, 7) is 0. The molecule has 2 aliphatic heterocycles. The van der Waals surface area contributed by atoms with Crippen LogP contribution in [0.5, 0.6) is 0 Å². The van der Waals surface area contributed by atoms with Gasteiger partial charge in [0.05, 0.1) is 35.1 Å². The van der Waals surface area contributed by atoms with Gasteiger partial charge in [-0.2, -0.15) is 0 Å². The highest BCUT2D eigenvalue weighted by atomic mass is 79.9. The molecule has 0 unspecified atom stereocenters. The van der Waals surface area contributed by atoms with Crippen LogP contribution in [0.2, 0.25) is 0 Å². The second kappa shape index (κ2) is 12.2. The number of hydrogen-bond donors (Lipinski definition) is 6. The van der Waals surface area contributed by atoms with Crippen LogP contribution in [0.3, 0.4) is 0 Å². The predicted molar refractivity (Wildman–Crippen MR) is 178 cm³/mol. The molecule has 0 atom stereocenters. The van der Waals surface area contributed by atoms with Gasteiger partial charge in [-0.15, -0.1) is 0 Å². The van der Waals surface area contributed by atoms with E-state index in [0.29, 0.717) is 28.3 Å². The van der Waals surface area contributed by atoms with Crippen molar-refractivity contribution in [1.82, 2.24) is 19.9 Å². The summed E-state index contributed by atoms with van der Waals surface area (Å²) in [6, 6.07) is 19.9. The first-order chi connectivity index (χ1) is 20.9. The number of benzene rings is 1. The van der Waals surface area contributed by atoms with Gasteiger partial charge in [0.2, 0.25) is 0 Å². The number of aromatic amines is 2. The fourth-order valence-electron chi connectivity index (χ4n) is 5.52. The van der Waals surface area contributed by atoms with Gasteiger partial charge in [0.25, 0.3) is 0 Å². The summed E-state index contributed by atoms with van der Waals surface area (Å²) in [4.78, 5) is 55.2. The summed E-state index contributed by atoms with van der Waals surface area (Å²) in [5.41, 5.74) is 8.40. The molecule has 5 heterocycles. The first kappa shape index (κ1) is 30.6. The largest absolute Gasteiger partial charge is 0.355 e. The summed E-state index contributed by atoms with van der Waals surface area (Å²) in [7, 11) is -8.75. The number of nitrogens with zero attached hydrogens (tertiary/aromatic N) is 2. The molecule has 0 fully saturated rings. The number of hydrogen-bond acceptors (Lipinski definition) is 4. The van der Waals surface area contributed by atoms with Crippen LogP contribution in [0.25, 0.3) is 57.5 Å². The molecular formula is C31H29BrN4O6P2. The third kappa shape index (κ3) is 7.28. The molecule has 0 saturated carbocycles. The summed E-state index contributed by atoms with van der Waals surface area (Å²) < 4.78 is 24.7. The van der Waals surface area contributed by atoms with E-state index in [-0.39, 0.29) is 12.8 Å². The van der Waals surface area contributed by atoms with E-state index in [4.69, 9.17) is 9.97 Å². The smallest absolute Gasteiger partial charge is 0.325 e. The molecule has 44 heavy (non-hydrogen) atoms. The van der Waals surface area contributed by atoms with Crippen LogP contribution < -0.4 is 0 Å². The van der Waals surface area contributed by atoms with E-state index in [9.17, 15) is 28.7 Å². The zero-order valence-electron chi connectivity index (χ0n) is 23.3. The van der Waals surface area contributed by atoms with Gasteiger partial charge in [0, 0.05) is 37.7 Å². The van der Waals surface area contributed by atoms with Crippen LogP contribution in [0, 0.1) is 0 Å². The Labute approximate surface area is 261 Å². The summed E-state index contributed by atoms with van der Waals surface area (Å²) in [6.07, 6.45) is 6.42. The van der Waals surface area contributed by atoms with Gasteiger partial charge in [-0.1, -0.05) is 28.1 Å². The highest BCUT2D eigenvalue weighted by Crippen LogP contribution is 2.44. The monoisotopic (exact) mass is 694 g/mol. The second-order valence-corrected chi connectivity index (χ2v) is 15.3. The molecular weight excluding hydrogens is 666 g/mol. The molecule has 0 aliphatic carbocycles. The first-order valence-electron chi connectivity index (χ1n) is 13.9. The Hall–Kier alpha value is -3.40. The highest BCUT2D eigenvalue weighted by Gasteiger charge is 2.27. The van der Waals surface area contributed by atoms with Crippen molar-refractivity contribution in [2.75, 3.05) is 12.3 Å². The zero-order chi connectivity index (χ0) is 31.1. The molecule has 226 valence electrons. The van der Waals surface area contributed by atoms with Crippen LogP contribution >= 0.6 is 31.1 Å². The minimum absolute atomic E-state index is 0.00602. The van der Waals surface area contributed by atoms with Crippen molar-refractivity contribution >= 4 is 77.5 Å². The van der Waals surface area contributed by atoms with Crippen LogP contribution in [-0.4, -0.2) is 51.8 Å². The van der Waals surface area contributed by atoms with Gasteiger partial charge in [-0.25, -0.2) is 9.97 Å². The van der Waals surface area contributed by atoms with E-state index in [1.807, 2.05) is 60.7 Å². The predicted octanol–water partition coefficient (Wildman–Crippen LogP) is 7.30. The lowest BCUT2D eigenvalue weighted by Gasteiger charge is -2.20. The van der Waals surface area contributed by atoms with E-state index >= 15 is 0 Å². The Morgan fingerprint density at radius 1 is 0.682 bits per heavy atom. The van der Waals surface area contributed by atoms with Crippen molar-refractivity contribution in [3.63, 3.8) is 0 Å². The van der Waals surface area contributed by atoms with E-state index in [0.717, 1.165) is 37.7 Å². The summed E-state index contributed by atoms with van der Waals surface area (Å²) >= 11 is 3.52. The Balaban J connectivity index is 1.60. The molecule has 0 radical (unpaired) electrons. The Morgan fingerprint density at radius 3 is 1.61 bits per heavy atom. The standard InChI is InChI=1S/C31H29BrN4O6P2/c32-21-3-1-19(2-4-21)30-26-9-5-22(33-26)17-24-7-11-28(35-24)31(20(13-15-43(37,38)39)14-16-44(40,41)42)29-12-8-25(36-29)18-23-6-10-27(30)34-23/h1-12,17-18,20,33-34H,13-16H2,(H2,37,38,39)(H2,40,41,42). The molecule has 0 spiro atoms. The van der Waals surface area contributed by atoms with Gasteiger partial charge >= 0.3 is 15.2 Å². The SMILES string of the molecule is O=P(O)(O)CCC(CCP(=O)(O)O)c1c2nc(cc3ccc([nH]3)c(-c3ccc(Br)cc3)c3ccc(cc4nc1C=C4)[nH]3)C=C2. The molecule has 13 heteroatoms. The van der Waals surface area contributed by atoms with Gasteiger partial charge in [-0.3, -0.25) is 9.13 Å². The lowest BCUT2D eigenvalue weighted by atomic mass is 9.91. The van der Waals surface area contributed by atoms with Gasteiger partial charge in [0.15, 0.2) is 0 Å². The maximum atomic E-state index is 11.8. The Morgan fingerprint density at radius 2 is 1.16 bits per heavy atom. The molecule has 10 nitrogen and oxygen atoms in total. The molecule has 8 bridgehead atoms. The Kier molecular flexibility index (Phi) is 8.48. The molecule has 4 aromatic rings. The topological polar surface area (TPSA) is 172 Å². The van der Waals surface area contributed by atoms with Crippen molar-refractivity contribution in [2.24, 2.45) is 0 Å². The van der Waals surface area contributed by atoms with Gasteiger partial charge in [-0.05, 0) is 97.2 Å². The van der Waals surface area contributed by atoms with E-state index in [1.165, 1.54) is 0 Å². The number of rotatable bonds is 8. The quantitative estimate of drug-likeness (QED) is 0.0900. The van der Waals surface area contributed by atoms with Crippen molar-refractivity contribution < 1.29 is 28.7 Å². The Bertz CT molecular complexity index is 1940. The van der Waals surface area contributed by atoms with Crippen molar-refractivity contribution in [1.29, 1.82) is 0 Å². The van der Waals surface area contributed by atoms with Crippen LogP contribution in [0.4, 0.5) is 0 Å². The average Bonchev–Trinajstić information content (AvgIpc) is 3.76. The third-order valence-corrected chi connectivity index (χ3v) is 9.73. The van der Waals surface area contributed by atoms with Crippen molar-refractivity contribution in [3.8, 4) is 11.1 Å². The fraction of sp³-hybridized carbons (Fsp3) is 0.161. The molecule has 1 aromatic carbocycles. The zero-order valence-corrected chi connectivity index (χ0v) is 26.6. The van der Waals surface area contributed by atoms with Gasteiger partial charge in [0.1, 0.15) is 0 Å². The molecule has 6 N–H and O–H groups in total. The lowest BCUT2D eigenvalue weighted by molar-refractivity contribution is 0.366. The minimum atomic E-state index is -4.38. The minimum Gasteiger partial charge on any atom is -0.355 e. The molecule has 6 rings (SSSR count). The van der Waals surface area contributed by atoms with Crippen LogP contribution in [0.1, 0.15) is 47.1 Å². The summed E-state index contributed by atoms with van der Waals surface area (Å²) in [5.74, 6) is -0.614. The van der Waals surface area contributed by atoms with E-state index < -0.39 is 33.4 Å². The molecule has 2 aliphatic rings. The molecule has 0 saturated heterocycles. The normalized spacial score (nSPS) is 13.2. The number of halogens is 1. The number of H-pyrrole nitrogens is 2. The second-order valence-electron chi connectivity index (χ2n) is 10.8. The lowest BCUT2D eigenvalue weighted by Crippen LogP contribution is -2.09. The van der Waals surface area contributed by atoms with Crippen LogP contribution in [0.15, 0.2) is 65.1 Å². The number of fused-ring (bicyclic) bond motifs is 8. The first-order valence-corrected chi connectivity index (χ1v) is 18.2. The van der Waals surface area contributed by atoms with Crippen molar-refractivity contribution in [3.05, 3.63) is 93.5 Å². The number of nitrogens with one attached hydrogen (secondary N) is 2. The average molecular weight is 695 g/mol. The van der Waals surface area contributed by atoms with E-state index in [1.54, 1.807) is 12.2 Å². The fourth-order valence-corrected chi connectivity index (χ4v) is 7.08. The number of aromatic nitrogens is 4. The molecule has 3 aromatic heterocycles. The van der Waals surface area contributed by atoms with E-state index in [2.05, 4.69) is 38.0 Å². The third-order valence-electron chi connectivity index (χ3n) is 7.52. The summed E-state index contributed by atoms with van der Waals surface area (Å²) in [5, 5.41) is 0. The van der Waals surface area contributed by atoms with Gasteiger partial charge < -0.3 is 29.5 Å². The molecule has 0 amide bonds. The van der Waals surface area contributed by atoms with Crippen molar-refractivity contribution in [2.45, 2.75) is 18.8 Å². The van der Waals surface area contributed by atoms with Crippen LogP contribution in [-0.2, 0) is 9.13 Å². The maximum absolute atomic E-state index is 11.8. The maximum Gasteiger partial charge on any atom is 0.325 e. The highest BCUT2D eigenvalue weighted by molar-refractivity contribution is 9.10.